The zero-order valence-electron chi connectivity index (χ0n) is 17.1. The predicted molar refractivity (Wildman–Crippen MR) is 117 cm³/mol. The van der Waals surface area contributed by atoms with E-state index in [0.29, 0.717) is 25.9 Å². The fourth-order valence-corrected chi connectivity index (χ4v) is 5.13. The van der Waals surface area contributed by atoms with Crippen molar-refractivity contribution < 1.29 is 14.4 Å². The predicted octanol–water partition coefficient (Wildman–Crippen LogP) is 3.58. The highest BCUT2D eigenvalue weighted by Gasteiger charge is 2.47. The van der Waals surface area contributed by atoms with Gasteiger partial charge >= 0.3 is 0 Å². The first-order valence-corrected chi connectivity index (χ1v) is 11.2. The molecular formula is C24H26N2O3S. The molecule has 2 aliphatic rings. The summed E-state index contributed by atoms with van der Waals surface area (Å²) in [7, 11) is 0. The van der Waals surface area contributed by atoms with Gasteiger partial charge in [-0.15, -0.1) is 11.3 Å². The molecule has 1 aliphatic heterocycles. The Balaban J connectivity index is 1.47. The molecule has 6 heteroatoms. The molecule has 4 rings (SSSR count). The van der Waals surface area contributed by atoms with Crippen LogP contribution < -0.4 is 0 Å². The van der Waals surface area contributed by atoms with E-state index in [4.69, 9.17) is 0 Å². The number of likely N-dealkylation sites (tertiary alicyclic amines) is 1. The van der Waals surface area contributed by atoms with Crippen LogP contribution in [0.5, 0.6) is 0 Å². The second kappa shape index (κ2) is 8.96. The molecule has 1 aromatic heterocycles. The highest BCUT2D eigenvalue weighted by molar-refractivity contribution is 7.11. The van der Waals surface area contributed by atoms with Gasteiger partial charge in [0.15, 0.2) is 0 Å². The number of aryl methyl sites for hydroxylation is 1. The van der Waals surface area contributed by atoms with E-state index in [1.807, 2.05) is 61.5 Å². The van der Waals surface area contributed by atoms with Crippen LogP contribution in [0.25, 0.3) is 0 Å². The minimum Gasteiger partial charge on any atom is -0.336 e. The smallest absolute Gasteiger partial charge is 0.243 e. The van der Waals surface area contributed by atoms with Crippen LogP contribution in [0, 0.1) is 18.8 Å². The van der Waals surface area contributed by atoms with Gasteiger partial charge in [0.05, 0.1) is 18.4 Å². The number of benzene rings is 1. The van der Waals surface area contributed by atoms with Crippen LogP contribution in [0.3, 0.4) is 0 Å². The fourth-order valence-electron chi connectivity index (χ4n) is 4.22. The topological polar surface area (TPSA) is 57.7 Å². The lowest BCUT2D eigenvalue weighted by molar-refractivity contribution is -0.146. The average Bonchev–Trinajstić information content (AvgIpc) is 3.28. The van der Waals surface area contributed by atoms with Crippen molar-refractivity contribution in [2.45, 2.75) is 32.7 Å². The van der Waals surface area contributed by atoms with Crippen LogP contribution in [0.4, 0.5) is 0 Å². The van der Waals surface area contributed by atoms with Gasteiger partial charge < -0.3 is 4.90 Å². The van der Waals surface area contributed by atoms with E-state index in [-0.39, 0.29) is 36.1 Å². The number of imide groups is 1. The third kappa shape index (κ3) is 4.38. The highest BCUT2D eigenvalue weighted by atomic mass is 32.1. The lowest BCUT2D eigenvalue weighted by atomic mass is 9.85. The molecule has 1 aromatic carbocycles. The van der Waals surface area contributed by atoms with Gasteiger partial charge in [0.2, 0.25) is 17.7 Å². The molecule has 0 bridgehead atoms. The lowest BCUT2D eigenvalue weighted by Gasteiger charge is -2.25. The van der Waals surface area contributed by atoms with E-state index < -0.39 is 0 Å². The quantitative estimate of drug-likeness (QED) is 0.506. The molecule has 1 aliphatic carbocycles. The van der Waals surface area contributed by atoms with Gasteiger partial charge in [0.1, 0.15) is 6.54 Å². The molecule has 0 unspecified atom stereocenters. The van der Waals surface area contributed by atoms with Crippen LogP contribution in [0.2, 0.25) is 0 Å². The van der Waals surface area contributed by atoms with E-state index in [2.05, 4.69) is 0 Å². The number of thiophene rings is 1. The Morgan fingerprint density at radius 3 is 2.30 bits per heavy atom. The number of fused-ring (bicyclic) bond motifs is 1. The van der Waals surface area contributed by atoms with Gasteiger partial charge in [-0.2, -0.15) is 0 Å². The van der Waals surface area contributed by atoms with Crippen LogP contribution in [0.1, 0.15) is 28.2 Å². The number of rotatable bonds is 7. The number of carbonyl (C=O) groups excluding carboxylic acids is 3. The first-order chi connectivity index (χ1) is 14.5. The number of nitrogens with zero attached hydrogens (tertiary/aromatic N) is 2. The summed E-state index contributed by atoms with van der Waals surface area (Å²) in [5, 5.41) is 0. The number of hydrogen-bond acceptors (Lipinski definition) is 4. The molecule has 156 valence electrons. The van der Waals surface area contributed by atoms with Gasteiger partial charge in [0, 0.05) is 16.3 Å². The third-order valence-corrected chi connectivity index (χ3v) is 6.89. The average molecular weight is 423 g/mol. The summed E-state index contributed by atoms with van der Waals surface area (Å²) in [5.74, 6) is -1.17. The maximum atomic E-state index is 13.2. The van der Waals surface area contributed by atoms with E-state index in [1.54, 1.807) is 16.2 Å². The van der Waals surface area contributed by atoms with Gasteiger partial charge in [-0.1, -0.05) is 42.5 Å². The molecule has 1 saturated heterocycles. The summed E-state index contributed by atoms with van der Waals surface area (Å²) >= 11 is 1.67. The van der Waals surface area contributed by atoms with Crippen molar-refractivity contribution in [1.29, 1.82) is 0 Å². The van der Waals surface area contributed by atoms with Crippen LogP contribution in [-0.4, -0.2) is 40.6 Å². The largest absolute Gasteiger partial charge is 0.336 e. The maximum Gasteiger partial charge on any atom is 0.243 e. The van der Waals surface area contributed by atoms with Crippen molar-refractivity contribution >= 4 is 29.1 Å². The normalized spacial score (nSPS) is 20.5. The Kier molecular flexibility index (Phi) is 6.13. The van der Waals surface area contributed by atoms with Crippen molar-refractivity contribution in [3.63, 3.8) is 0 Å². The Morgan fingerprint density at radius 1 is 1.03 bits per heavy atom. The van der Waals surface area contributed by atoms with E-state index in [1.165, 1.54) is 9.78 Å². The van der Waals surface area contributed by atoms with Crippen molar-refractivity contribution in [2.24, 2.45) is 11.8 Å². The summed E-state index contributed by atoms with van der Waals surface area (Å²) in [5.41, 5.74) is 1.16. The Labute approximate surface area is 181 Å². The minimum atomic E-state index is -0.298. The summed E-state index contributed by atoms with van der Waals surface area (Å²) in [4.78, 5) is 44.0. The lowest BCUT2D eigenvalue weighted by Crippen LogP contribution is -2.43. The Bertz CT molecular complexity index is 940. The highest BCUT2D eigenvalue weighted by Crippen LogP contribution is 2.35. The van der Waals surface area contributed by atoms with Crippen LogP contribution in [0.15, 0.2) is 54.6 Å². The van der Waals surface area contributed by atoms with E-state index >= 15 is 0 Å². The third-order valence-electron chi connectivity index (χ3n) is 5.90. The second-order valence-corrected chi connectivity index (χ2v) is 9.35. The number of hydrogen-bond donors (Lipinski definition) is 0. The fraction of sp³-hybridized carbons (Fsp3) is 0.375. The molecule has 30 heavy (non-hydrogen) atoms. The Morgan fingerprint density at radius 2 is 1.70 bits per heavy atom. The molecule has 5 nitrogen and oxygen atoms in total. The van der Waals surface area contributed by atoms with Crippen molar-refractivity contribution in [2.75, 3.05) is 13.1 Å². The van der Waals surface area contributed by atoms with Gasteiger partial charge in [-0.3, -0.25) is 19.3 Å². The molecule has 0 N–H and O–H groups in total. The van der Waals surface area contributed by atoms with Crippen LogP contribution in [-0.2, 0) is 27.3 Å². The van der Waals surface area contributed by atoms with Gasteiger partial charge in [0.25, 0.3) is 0 Å². The maximum absolute atomic E-state index is 13.2. The molecule has 3 amide bonds. The van der Waals surface area contributed by atoms with Crippen LogP contribution >= 0.6 is 11.3 Å². The van der Waals surface area contributed by atoms with Crippen molar-refractivity contribution in [1.82, 2.24) is 9.80 Å². The zero-order chi connectivity index (χ0) is 21.1. The Hall–Kier alpha value is -2.73. The van der Waals surface area contributed by atoms with Gasteiger partial charge in [-0.05, 0) is 43.9 Å². The molecule has 2 heterocycles. The molecule has 2 atom stereocenters. The molecule has 1 fully saturated rings. The summed E-state index contributed by atoms with van der Waals surface area (Å²) < 4.78 is 0. The number of carbonyl (C=O) groups is 3. The molecule has 2 aromatic rings. The SMILES string of the molecule is Cc1ccc(CN(CCc2ccccc2)C(=O)CN2C(=O)[C@H]3CC=CC[C@@H]3C2=O)s1. The van der Waals surface area contributed by atoms with Crippen molar-refractivity contribution in [3.8, 4) is 0 Å². The molecule has 0 saturated carbocycles. The minimum absolute atomic E-state index is 0.163. The molecule has 0 radical (unpaired) electrons. The van der Waals surface area contributed by atoms with Gasteiger partial charge in [-0.25, -0.2) is 0 Å². The standard InChI is InChI=1S/C24H26N2O3S/c1-17-11-12-19(30-17)15-25(14-13-18-7-3-2-4-8-18)22(27)16-26-23(28)20-9-5-6-10-21(20)24(26)29/h2-8,11-12,20-21H,9-10,13-16H2,1H3/t20-,21-/m0/s1. The monoisotopic (exact) mass is 422 g/mol. The van der Waals surface area contributed by atoms with E-state index in [0.717, 1.165) is 16.9 Å². The number of allylic oxidation sites excluding steroid dienone is 2. The zero-order valence-corrected chi connectivity index (χ0v) is 17.9. The summed E-state index contributed by atoms with van der Waals surface area (Å²) in [6.45, 7) is 2.92. The van der Waals surface area contributed by atoms with Crippen molar-refractivity contribution in [3.05, 3.63) is 69.9 Å². The first-order valence-electron chi connectivity index (χ1n) is 10.4. The molecule has 0 spiro atoms. The van der Waals surface area contributed by atoms with E-state index in [9.17, 15) is 14.4 Å². The second-order valence-electron chi connectivity index (χ2n) is 7.98. The number of amides is 3. The summed E-state index contributed by atoms with van der Waals surface area (Å²) in [6, 6.07) is 14.1. The summed E-state index contributed by atoms with van der Waals surface area (Å²) in [6.07, 6.45) is 5.83. The first kappa shape index (κ1) is 20.5. The molecular weight excluding hydrogens is 396 g/mol.